The fourth-order valence-corrected chi connectivity index (χ4v) is 4.92. The molecule has 0 spiro atoms. The highest BCUT2D eigenvalue weighted by Crippen LogP contribution is 2.37. The van der Waals surface area contributed by atoms with Crippen molar-refractivity contribution in [2.45, 2.75) is 51.4 Å². The lowest BCUT2D eigenvalue weighted by Gasteiger charge is -2.24. The molecule has 1 fully saturated rings. The molecule has 1 amide bonds. The third-order valence-corrected chi connectivity index (χ3v) is 7.32. The predicted molar refractivity (Wildman–Crippen MR) is 154 cm³/mol. The second-order valence-electron chi connectivity index (χ2n) is 9.73. The van der Waals surface area contributed by atoms with E-state index in [0.717, 1.165) is 30.9 Å². The van der Waals surface area contributed by atoms with Crippen LogP contribution in [0.3, 0.4) is 0 Å². The fourth-order valence-electron chi connectivity index (χ4n) is 4.38. The number of carbonyl (C=O) groups is 2. The van der Waals surface area contributed by atoms with Crippen LogP contribution in [0.5, 0.6) is 17.2 Å². The molecule has 1 aliphatic rings. The maximum absolute atomic E-state index is 14.7. The van der Waals surface area contributed by atoms with Crippen LogP contribution in [0, 0.1) is 17.0 Å². The van der Waals surface area contributed by atoms with Gasteiger partial charge in [-0.05, 0) is 61.1 Å². The average Bonchev–Trinajstić information content (AvgIpc) is 3.49. The lowest BCUT2D eigenvalue weighted by atomic mass is 9.50. The van der Waals surface area contributed by atoms with Crippen LogP contribution in [0.2, 0.25) is 13.1 Å². The van der Waals surface area contributed by atoms with E-state index in [1.165, 1.54) is 30.6 Å². The number of benzene rings is 2. The van der Waals surface area contributed by atoms with Gasteiger partial charge in [-0.1, -0.05) is 13.1 Å². The van der Waals surface area contributed by atoms with Gasteiger partial charge in [-0.3, -0.25) is 4.79 Å². The van der Waals surface area contributed by atoms with E-state index >= 15 is 0 Å². The number of amides is 1. The Hall–Kier alpha value is -3.95. The van der Waals surface area contributed by atoms with Crippen LogP contribution in [0.4, 0.5) is 9.52 Å². The number of carbonyl (C=O) groups excluding carboxylic acids is 2. The molecule has 3 aromatic rings. The first-order valence-corrected chi connectivity index (χ1v) is 14.3. The molecule has 0 saturated carbocycles. The monoisotopic (exact) mass is 579 g/mol. The molecule has 4 rings (SSSR count). The van der Waals surface area contributed by atoms with Crippen molar-refractivity contribution in [3.8, 4) is 23.2 Å². The van der Waals surface area contributed by atoms with Crippen molar-refractivity contribution in [3.63, 3.8) is 0 Å². The van der Waals surface area contributed by atoms with E-state index in [-0.39, 0.29) is 42.2 Å². The van der Waals surface area contributed by atoms with Crippen molar-refractivity contribution in [1.82, 2.24) is 4.98 Å². The molecule has 12 heteroatoms. The molecule has 0 aliphatic carbocycles. The number of anilines is 1. The Morgan fingerprint density at radius 3 is 2.76 bits per heavy atom. The van der Waals surface area contributed by atoms with Crippen LogP contribution in [-0.4, -0.2) is 50.0 Å². The van der Waals surface area contributed by atoms with Gasteiger partial charge in [-0.25, -0.2) is 19.4 Å². The third-order valence-electron chi connectivity index (χ3n) is 6.64. The molecule has 1 saturated heterocycles. The summed E-state index contributed by atoms with van der Waals surface area (Å²) in [5.41, 5.74) is 1.29. The molecule has 2 aromatic carbocycles. The second-order valence-corrected chi connectivity index (χ2v) is 10.6. The van der Waals surface area contributed by atoms with Crippen LogP contribution in [-0.2, 0) is 27.1 Å². The molecule has 9 nitrogen and oxygen atoms in total. The van der Waals surface area contributed by atoms with E-state index in [1.54, 1.807) is 17.6 Å². The van der Waals surface area contributed by atoms with Crippen molar-refractivity contribution in [2.24, 2.45) is 0 Å². The summed E-state index contributed by atoms with van der Waals surface area (Å²) in [6.07, 6.45) is 5.61. The molecule has 214 valence electrons. The van der Waals surface area contributed by atoms with Gasteiger partial charge in [0.05, 0.1) is 25.2 Å². The number of hydrogen-bond donors (Lipinski definition) is 1. The number of nitrogens with zero attached hydrogens (tertiary/aromatic N) is 2. The number of ether oxygens (including phenoxy) is 4. The quantitative estimate of drug-likeness (QED) is 0.214. The number of methoxy groups -OCH3 is 1. The molecular weight excluding hydrogens is 548 g/mol. The van der Waals surface area contributed by atoms with Gasteiger partial charge in [0.1, 0.15) is 18.2 Å². The minimum absolute atomic E-state index is 0.0217. The van der Waals surface area contributed by atoms with Crippen LogP contribution >= 0.6 is 11.3 Å². The predicted octanol–water partition coefficient (Wildman–Crippen LogP) is 5.72. The minimum atomic E-state index is -0.796. The van der Waals surface area contributed by atoms with Crippen molar-refractivity contribution in [2.75, 3.05) is 25.6 Å². The second kappa shape index (κ2) is 14.6. The number of rotatable bonds is 12. The first-order chi connectivity index (χ1) is 19.9. The van der Waals surface area contributed by atoms with Gasteiger partial charge < -0.3 is 24.3 Å². The van der Waals surface area contributed by atoms with Crippen LogP contribution in [0.25, 0.3) is 0 Å². The van der Waals surface area contributed by atoms with Gasteiger partial charge >= 0.3 is 5.97 Å². The number of nitriles is 1. The SMILES string of the molecule is COC(=O)c1ccc(Oc2cc(CC(=O)Nc3nccs3)c(CCB(C)C#N)cc2OCC2CCCCO2)cc1F. The first kappa shape index (κ1) is 30.0. The molecule has 0 radical (unpaired) electrons. The third kappa shape index (κ3) is 8.52. The number of nitrogens with one attached hydrogen (secondary N) is 1. The standard InChI is InChI=1S/C29H31BFN3O6S/c1-30(18-32)9-8-19-13-25(39-17-22-5-3-4-11-38-22)26(14-20(19)15-27(35)34-29-33-10-12-41-29)40-21-6-7-23(24(31)16-21)28(36)37-2/h6-7,10,12-14,16,22H,3-5,8-9,11,15,17H2,1-2H3,(H,33,34,35). The smallest absolute Gasteiger partial charge is 0.340 e. The largest absolute Gasteiger partial charge is 0.487 e. The van der Waals surface area contributed by atoms with Crippen LogP contribution in [0.15, 0.2) is 41.9 Å². The summed E-state index contributed by atoms with van der Waals surface area (Å²) in [5, 5.41) is 14.4. The maximum atomic E-state index is 14.7. The zero-order valence-corrected chi connectivity index (χ0v) is 23.8. The molecular formula is C29H31BFN3O6S. The van der Waals surface area contributed by atoms with Gasteiger partial charge in [0.25, 0.3) is 6.71 Å². The number of esters is 1. The van der Waals surface area contributed by atoms with E-state index in [0.29, 0.717) is 42.4 Å². The summed E-state index contributed by atoms with van der Waals surface area (Å²) < 4.78 is 37.4. The summed E-state index contributed by atoms with van der Waals surface area (Å²) in [5.74, 6) is 1.21. The highest BCUT2D eigenvalue weighted by Gasteiger charge is 2.21. The molecule has 1 atom stereocenters. The van der Waals surface area contributed by atoms with E-state index < -0.39 is 11.8 Å². The Morgan fingerprint density at radius 2 is 2.07 bits per heavy atom. The summed E-state index contributed by atoms with van der Waals surface area (Å²) in [4.78, 5) is 28.8. The van der Waals surface area contributed by atoms with E-state index in [9.17, 15) is 19.2 Å². The van der Waals surface area contributed by atoms with Gasteiger partial charge in [-0.15, -0.1) is 11.3 Å². The Bertz CT molecular complexity index is 1390. The Morgan fingerprint density at radius 1 is 1.24 bits per heavy atom. The number of thiazole rings is 1. The van der Waals surface area contributed by atoms with E-state index in [2.05, 4.69) is 21.0 Å². The summed E-state index contributed by atoms with van der Waals surface area (Å²) in [6.45, 7) is 2.63. The van der Waals surface area contributed by atoms with E-state index in [1.807, 2.05) is 12.9 Å². The summed E-state index contributed by atoms with van der Waals surface area (Å²) >= 11 is 1.31. The van der Waals surface area contributed by atoms with Crippen molar-refractivity contribution in [3.05, 3.63) is 64.4 Å². The van der Waals surface area contributed by atoms with Crippen molar-refractivity contribution >= 4 is 35.1 Å². The van der Waals surface area contributed by atoms with Crippen molar-refractivity contribution < 1.29 is 32.9 Å². The molecule has 2 heterocycles. The summed E-state index contributed by atoms with van der Waals surface area (Å²) in [6, 6.07) is 7.36. The van der Waals surface area contributed by atoms with Crippen LogP contribution < -0.4 is 14.8 Å². The zero-order chi connectivity index (χ0) is 29.2. The molecule has 1 unspecified atom stereocenters. The highest BCUT2D eigenvalue weighted by atomic mass is 32.1. The van der Waals surface area contributed by atoms with Gasteiger partial charge in [0, 0.05) is 30.2 Å². The molecule has 1 aromatic heterocycles. The summed E-state index contributed by atoms with van der Waals surface area (Å²) in [7, 11) is 1.18. The Balaban J connectivity index is 1.67. The first-order valence-electron chi connectivity index (χ1n) is 13.4. The van der Waals surface area contributed by atoms with Gasteiger partial charge in [-0.2, -0.15) is 0 Å². The zero-order valence-electron chi connectivity index (χ0n) is 23.0. The molecule has 1 N–H and O–H groups in total. The topological polar surface area (TPSA) is 120 Å². The number of aromatic nitrogens is 1. The Kier molecular flexibility index (Phi) is 10.7. The fraction of sp³-hybridized carbons (Fsp3) is 0.379. The highest BCUT2D eigenvalue weighted by molar-refractivity contribution is 7.13. The maximum Gasteiger partial charge on any atom is 0.340 e. The number of halogens is 1. The minimum Gasteiger partial charge on any atom is -0.487 e. The molecule has 1 aliphatic heterocycles. The molecule has 41 heavy (non-hydrogen) atoms. The molecule has 0 bridgehead atoms. The van der Waals surface area contributed by atoms with E-state index in [4.69, 9.17) is 14.2 Å². The normalized spacial score (nSPS) is 14.5. The van der Waals surface area contributed by atoms with Crippen LogP contribution in [0.1, 0.15) is 40.7 Å². The van der Waals surface area contributed by atoms with Gasteiger partial charge in [0.15, 0.2) is 16.6 Å². The Labute approximate surface area is 242 Å². The lowest BCUT2D eigenvalue weighted by Crippen LogP contribution is -2.26. The van der Waals surface area contributed by atoms with Gasteiger partial charge in [0.2, 0.25) is 5.91 Å². The number of aryl methyl sites for hydroxylation is 1. The average molecular weight is 579 g/mol. The van der Waals surface area contributed by atoms with Crippen molar-refractivity contribution in [1.29, 1.82) is 5.26 Å². The lowest BCUT2D eigenvalue weighted by molar-refractivity contribution is -0.115. The number of hydrogen-bond acceptors (Lipinski definition) is 9.